The number of nitrogens with zero attached hydrogens (tertiary/aromatic N) is 1. The van der Waals surface area contributed by atoms with Gasteiger partial charge in [0.15, 0.2) is 0 Å². The van der Waals surface area contributed by atoms with E-state index in [1.54, 1.807) is 0 Å². The molecule has 0 aromatic rings. The Bertz CT molecular complexity index is 407. The molecule has 3 N–H and O–H groups in total. The molecular weight excluding hydrogens is 374 g/mol. The number of carbonyl (C=O) groups excluding carboxylic acids is 2. The molecule has 0 aliphatic carbocycles. The molecule has 0 saturated carbocycles. The Balaban J connectivity index is 3.79. The van der Waals surface area contributed by atoms with Gasteiger partial charge in [-0.1, -0.05) is 91.4 Å². The van der Waals surface area contributed by atoms with E-state index in [2.05, 4.69) is 26.1 Å². The summed E-state index contributed by atoms with van der Waals surface area (Å²) in [5, 5.41) is 2.98. The van der Waals surface area contributed by atoms with Crippen molar-refractivity contribution in [3.05, 3.63) is 0 Å². The molecule has 178 valence electrons. The van der Waals surface area contributed by atoms with Gasteiger partial charge in [0.25, 0.3) is 0 Å². The number of nitrogens with two attached hydrogens (primary N) is 1. The number of nitrogens with one attached hydrogen (secondary N) is 1. The molecule has 0 aromatic heterocycles. The fourth-order valence-electron chi connectivity index (χ4n) is 3.60. The Morgan fingerprint density at radius 2 is 1.20 bits per heavy atom. The third kappa shape index (κ3) is 16.7. The van der Waals surface area contributed by atoms with Crippen molar-refractivity contribution in [2.45, 2.75) is 130 Å². The lowest BCUT2D eigenvalue weighted by Crippen LogP contribution is -2.45. The zero-order valence-corrected chi connectivity index (χ0v) is 20.4. The first-order chi connectivity index (χ1) is 14.6. The highest BCUT2D eigenvalue weighted by molar-refractivity contribution is 5.83. The average molecular weight is 426 g/mol. The number of hydrogen-bond donors (Lipinski definition) is 2. The molecule has 5 heteroatoms. The van der Waals surface area contributed by atoms with Gasteiger partial charge < -0.3 is 16.0 Å². The van der Waals surface area contributed by atoms with Crippen LogP contribution in [-0.4, -0.2) is 42.4 Å². The van der Waals surface area contributed by atoms with Crippen LogP contribution >= 0.6 is 0 Å². The van der Waals surface area contributed by atoms with E-state index >= 15 is 0 Å². The van der Waals surface area contributed by atoms with Crippen molar-refractivity contribution in [2.24, 2.45) is 5.73 Å². The molecule has 0 unspecified atom stereocenters. The Kier molecular flexibility index (Phi) is 20.4. The molecule has 2 amide bonds. The van der Waals surface area contributed by atoms with Gasteiger partial charge >= 0.3 is 0 Å². The standard InChI is InChI=1S/C25H51N3O2/c1-4-7-10-11-12-13-14-15-16-17-20-27-24(29)19-18-23(26)25(30)28(21-8-5-2)22-9-6-3/h23H,4-22,26H2,1-3H3,(H,27,29)/t23-/m0/s1. The summed E-state index contributed by atoms with van der Waals surface area (Å²) in [4.78, 5) is 26.5. The minimum absolute atomic E-state index is 0.000561. The Morgan fingerprint density at radius 3 is 1.70 bits per heavy atom. The molecule has 0 fully saturated rings. The first kappa shape index (κ1) is 28.9. The highest BCUT2D eigenvalue weighted by Crippen LogP contribution is 2.10. The summed E-state index contributed by atoms with van der Waals surface area (Å²) < 4.78 is 0. The summed E-state index contributed by atoms with van der Waals surface area (Å²) >= 11 is 0. The van der Waals surface area contributed by atoms with Gasteiger partial charge in [-0.2, -0.15) is 0 Å². The topological polar surface area (TPSA) is 75.4 Å². The second-order valence-corrected chi connectivity index (χ2v) is 8.71. The highest BCUT2D eigenvalue weighted by atomic mass is 16.2. The van der Waals surface area contributed by atoms with Gasteiger partial charge in [0.1, 0.15) is 0 Å². The first-order valence-corrected chi connectivity index (χ1v) is 12.9. The molecule has 30 heavy (non-hydrogen) atoms. The fraction of sp³-hybridized carbons (Fsp3) is 0.920. The van der Waals surface area contributed by atoms with Crippen LogP contribution in [0.5, 0.6) is 0 Å². The van der Waals surface area contributed by atoms with E-state index in [1.165, 1.54) is 57.8 Å². The maximum Gasteiger partial charge on any atom is 0.239 e. The van der Waals surface area contributed by atoms with Crippen molar-refractivity contribution in [1.29, 1.82) is 0 Å². The van der Waals surface area contributed by atoms with Gasteiger partial charge in [-0.15, -0.1) is 0 Å². The lowest BCUT2D eigenvalue weighted by Gasteiger charge is -2.25. The highest BCUT2D eigenvalue weighted by Gasteiger charge is 2.21. The van der Waals surface area contributed by atoms with Crippen LogP contribution in [0.25, 0.3) is 0 Å². The van der Waals surface area contributed by atoms with Crippen LogP contribution in [0, 0.1) is 0 Å². The Morgan fingerprint density at radius 1 is 0.733 bits per heavy atom. The minimum Gasteiger partial charge on any atom is -0.356 e. The van der Waals surface area contributed by atoms with E-state index in [4.69, 9.17) is 5.73 Å². The van der Waals surface area contributed by atoms with E-state index in [9.17, 15) is 9.59 Å². The van der Waals surface area contributed by atoms with Gasteiger partial charge in [-0.25, -0.2) is 0 Å². The summed E-state index contributed by atoms with van der Waals surface area (Å²) in [6, 6.07) is -0.568. The molecule has 0 rings (SSSR count). The molecular formula is C25H51N3O2. The Hall–Kier alpha value is -1.10. The summed E-state index contributed by atoms with van der Waals surface area (Å²) in [5.41, 5.74) is 6.10. The molecule has 1 atom stereocenters. The van der Waals surface area contributed by atoms with Crippen LogP contribution in [-0.2, 0) is 9.59 Å². The fourth-order valence-corrected chi connectivity index (χ4v) is 3.60. The van der Waals surface area contributed by atoms with Crippen molar-refractivity contribution in [3.63, 3.8) is 0 Å². The second kappa shape index (κ2) is 21.1. The van der Waals surface area contributed by atoms with Gasteiger partial charge in [0.2, 0.25) is 11.8 Å². The molecule has 0 bridgehead atoms. The van der Waals surface area contributed by atoms with Gasteiger partial charge in [-0.05, 0) is 25.7 Å². The Labute approximate surface area is 186 Å². The lowest BCUT2D eigenvalue weighted by molar-refractivity contribution is -0.133. The summed E-state index contributed by atoms with van der Waals surface area (Å²) in [7, 11) is 0. The molecule has 0 radical (unpaired) electrons. The van der Waals surface area contributed by atoms with Gasteiger partial charge in [0.05, 0.1) is 6.04 Å². The van der Waals surface area contributed by atoms with Crippen LogP contribution in [0.1, 0.15) is 124 Å². The minimum atomic E-state index is -0.568. The van der Waals surface area contributed by atoms with Crippen LogP contribution in [0.15, 0.2) is 0 Å². The molecule has 0 spiro atoms. The molecule has 0 saturated heterocycles. The maximum atomic E-state index is 12.6. The van der Waals surface area contributed by atoms with Gasteiger partial charge in [-0.3, -0.25) is 9.59 Å². The SMILES string of the molecule is CCCCCCCCCCCCNC(=O)CC[C@H](N)C(=O)N(CCCC)CCCC. The van der Waals surface area contributed by atoms with Crippen LogP contribution in [0.4, 0.5) is 0 Å². The number of carbonyl (C=O) groups is 2. The normalized spacial score (nSPS) is 12.0. The lowest BCUT2D eigenvalue weighted by atomic mass is 10.1. The summed E-state index contributed by atoms with van der Waals surface area (Å²) in [6.07, 6.45) is 17.8. The maximum absolute atomic E-state index is 12.6. The second-order valence-electron chi connectivity index (χ2n) is 8.71. The molecule has 0 aliphatic heterocycles. The summed E-state index contributed by atoms with van der Waals surface area (Å²) in [6.45, 7) is 8.78. The predicted octanol–water partition coefficient (Wildman–Crippen LogP) is 5.56. The van der Waals surface area contributed by atoms with Crippen molar-refractivity contribution in [1.82, 2.24) is 10.2 Å². The number of rotatable bonds is 21. The number of hydrogen-bond acceptors (Lipinski definition) is 3. The quantitative estimate of drug-likeness (QED) is 0.236. The van der Waals surface area contributed by atoms with Crippen molar-refractivity contribution in [2.75, 3.05) is 19.6 Å². The van der Waals surface area contributed by atoms with E-state index in [1.807, 2.05) is 4.90 Å². The monoisotopic (exact) mass is 425 g/mol. The summed E-state index contributed by atoms with van der Waals surface area (Å²) in [5.74, 6) is 0.0160. The van der Waals surface area contributed by atoms with E-state index in [0.29, 0.717) is 12.8 Å². The van der Waals surface area contributed by atoms with Crippen LogP contribution in [0.3, 0.4) is 0 Å². The third-order valence-corrected chi connectivity index (χ3v) is 5.73. The molecule has 0 aromatic carbocycles. The largest absolute Gasteiger partial charge is 0.356 e. The van der Waals surface area contributed by atoms with Gasteiger partial charge in [0, 0.05) is 26.1 Å². The van der Waals surface area contributed by atoms with Crippen molar-refractivity contribution in [3.8, 4) is 0 Å². The predicted molar refractivity (Wildman–Crippen MR) is 128 cm³/mol. The first-order valence-electron chi connectivity index (χ1n) is 12.9. The zero-order chi connectivity index (χ0) is 22.5. The zero-order valence-electron chi connectivity index (χ0n) is 20.4. The molecule has 0 aliphatic rings. The third-order valence-electron chi connectivity index (χ3n) is 5.73. The van der Waals surface area contributed by atoms with E-state index in [0.717, 1.165) is 51.7 Å². The van der Waals surface area contributed by atoms with Crippen molar-refractivity contribution < 1.29 is 9.59 Å². The van der Waals surface area contributed by atoms with Crippen LogP contribution < -0.4 is 11.1 Å². The number of unbranched alkanes of at least 4 members (excludes halogenated alkanes) is 11. The smallest absolute Gasteiger partial charge is 0.239 e. The molecule has 5 nitrogen and oxygen atoms in total. The van der Waals surface area contributed by atoms with Crippen LogP contribution in [0.2, 0.25) is 0 Å². The molecule has 0 heterocycles. The average Bonchev–Trinajstić information content (AvgIpc) is 2.75. The van der Waals surface area contributed by atoms with E-state index in [-0.39, 0.29) is 11.8 Å². The van der Waals surface area contributed by atoms with Crippen molar-refractivity contribution >= 4 is 11.8 Å². The van der Waals surface area contributed by atoms with E-state index < -0.39 is 6.04 Å². The number of amides is 2.